The first-order valence-electron chi connectivity index (χ1n) is 10.7. The van der Waals surface area contributed by atoms with Crippen molar-refractivity contribution in [3.63, 3.8) is 0 Å². The summed E-state index contributed by atoms with van der Waals surface area (Å²) >= 11 is 1.60. The summed E-state index contributed by atoms with van der Waals surface area (Å²) < 4.78 is 6.92. The molecular formula is C24H27N3O3S. The maximum absolute atomic E-state index is 13.5. The van der Waals surface area contributed by atoms with E-state index in [0.29, 0.717) is 38.2 Å². The number of aromatic nitrogens is 2. The first-order valence-corrected chi connectivity index (χ1v) is 11.5. The lowest BCUT2D eigenvalue weighted by Gasteiger charge is -2.31. The van der Waals surface area contributed by atoms with E-state index in [0.717, 1.165) is 21.8 Å². The molecule has 0 aliphatic carbocycles. The second-order valence-electron chi connectivity index (χ2n) is 7.91. The molecule has 0 atom stereocenters. The maximum Gasteiger partial charge on any atom is 0.309 e. The minimum Gasteiger partial charge on any atom is -0.466 e. The van der Waals surface area contributed by atoms with Crippen LogP contribution < -0.4 is 0 Å². The molecule has 1 fully saturated rings. The molecule has 4 rings (SSSR count). The fourth-order valence-corrected chi connectivity index (χ4v) is 4.73. The number of rotatable bonds is 5. The summed E-state index contributed by atoms with van der Waals surface area (Å²) in [6.45, 7) is 7.36. The number of hydrogen-bond donors (Lipinski definition) is 0. The highest BCUT2D eigenvalue weighted by atomic mass is 32.1. The molecule has 1 aliphatic heterocycles. The van der Waals surface area contributed by atoms with Crippen molar-refractivity contribution in [2.75, 3.05) is 19.7 Å². The average molecular weight is 438 g/mol. The lowest BCUT2D eigenvalue weighted by molar-refractivity contribution is -0.149. The number of piperidine rings is 1. The highest BCUT2D eigenvalue weighted by Crippen LogP contribution is 2.28. The lowest BCUT2D eigenvalue weighted by Crippen LogP contribution is -2.41. The van der Waals surface area contributed by atoms with Crippen LogP contribution in [0.5, 0.6) is 0 Å². The predicted molar refractivity (Wildman–Crippen MR) is 122 cm³/mol. The van der Waals surface area contributed by atoms with Crippen molar-refractivity contribution in [1.29, 1.82) is 0 Å². The molecule has 0 radical (unpaired) electrons. The Bertz CT molecular complexity index is 1080. The number of thiophene rings is 1. The maximum atomic E-state index is 13.5. The van der Waals surface area contributed by atoms with Crippen LogP contribution in [-0.2, 0) is 9.53 Å². The first-order chi connectivity index (χ1) is 15.0. The van der Waals surface area contributed by atoms with Crippen molar-refractivity contribution in [2.24, 2.45) is 5.92 Å². The summed E-state index contributed by atoms with van der Waals surface area (Å²) in [6, 6.07) is 12.0. The highest BCUT2D eigenvalue weighted by Gasteiger charge is 2.30. The number of ether oxygens (including phenoxy) is 1. The molecule has 7 heteroatoms. The van der Waals surface area contributed by atoms with Crippen LogP contribution in [0.4, 0.5) is 0 Å². The van der Waals surface area contributed by atoms with Crippen LogP contribution in [-0.4, -0.2) is 46.3 Å². The Kier molecular flexibility index (Phi) is 6.23. The molecule has 162 valence electrons. The van der Waals surface area contributed by atoms with E-state index >= 15 is 0 Å². The standard InChI is InChI=1S/C24H27N3O3S/c1-4-30-24(29)18-9-11-26(12-10-18)23(28)21-15-19(22-6-5-13-31-22)25-27(21)20-8-7-16(2)14-17(20)3/h5-8,13-15,18H,4,9-12H2,1-3H3. The highest BCUT2D eigenvalue weighted by molar-refractivity contribution is 7.13. The van der Waals surface area contributed by atoms with Gasteiger partial charge in [0.25, 0.3) is 5.91 Å². The first kappa shape index (κ1) is 21.3. The molecule has 1 amide bonds. The Hall–Kier alpha value is -2.93. The number of amides is 1. The largest absolute Gasteiger partial charge is 0.466 e. The van der Waals surface area contributed by atoms with Gasteiger partial charge < -0.3 is 9.64 Å². The molecule has 3 aromatic rings. The van der Waals surface area contributed by atoms with Gasteiger partial charge in [-0.3, -0.25) is 9.59 Å². The van der Waals surface area contributed by atoms with Crippen molar-refractivity contribution >= 4 is 23.2 Å². The topological polar surface area (TPSA) is 64.4 Å². The third kappa shape index (κ3) is 4.42. The Morgan fingerprint density at radius 1 is 1.16 bits per heavy atom. The Morgan fingerprint density at radius 2 is 1.94 bits per heavy atom. The molecule has 0 unspecified atom stereocenters. The number of likely N-dealkylation sites (tertiary alicyclic amines) is 1. The smallest absolute Gasteiger partial charge is 0.309 e. The summed E-state index contributed by atoms with van der Waals surface area (Å²) in [6.07, 6.45) is 1.25. The van der Waals surface area contributed by atoms with E-state index in [-0.39, 0.29) is 17.8 Å². The van der Waals surface area contributed by atoms with Gasteiger partial charge in [-0.2, -0.15) is 5.10 Å². The summed E-state index contributed by atoms with van der Waals surface area (Å²) in [4.78, 5) is 28.4. The SMILES string of the molecule is CCOC(=O)C1CCN(C(=O)c2cc(-c3cccs3)nn2-c2ccc(C)cc2C)CC1. The third-order valence-corrected chi connectivity index (χ3v) is 6.58. The Morgan fingerprint density at radius 3 is 2.58 bits per heavy atom. The minimum absolute atomic E-state index is 0.0578. The van der Waals surface area contributed by atoms with Gasteiger partial charge in [0, 0.05) is 13.1 Å². The van der Waals surface area contributed by atoms with Gasteiger partial charge in [-0.25, -0.2) is 4.68 Å². The van der Waals surface area contributed by atoms with Crippen LogP contribution in [0, 0.1) is 19.8 Å². The average Bonchev–Trinajstić information content (AvgIpc) is 3.44. The van der Waals surface area contributed by atoms with E-state index in [4.69, 9.17) is 9.84 Å². The second kappa shape index (κ2) is 9.06. The van der Waals surface area contributed by atoms with Crippen molar-refractivity contribution in [1.82, 2.24) is 14.7 Å². The Labute approximate surface area is 186 Å². The van der Waals surface area contributed by atoms with Crippen molar-refractivity contribution in [3.05, 3.63) is 58.6 Å². The molecule has 31 heavy (non-hydrogen) atoms. The van der Waals surface area contributed by atoms with Gasteiger partial charge in [-0.1, -0.05) is 23.8 Å². The zero-order valence-corrected chi connectivity index (χ0v) is 18.9. The van der Waals surface area contributed by atoms with E-state index in [1.807, 2.05) is 54.5 Å². The molecule has 3 heterocycles. The van der Waals surface area contributed by atoms with Crippen molar-refractivity contribution in [3.8, 4) is 16.3 Å². The molecule has 1 aliphatic rings. The summed E-state index contributed by atoms with van der Waals surface area (Å²) in [5.41, 5.74) is 4.47. The van der Waals surface area contributed by atoms with Crippen molar-refractivity contribution in [2.45, 2.75) is 33.6 Å². The number of carbonyl (C=O) groups excluding carboxylic acids is 2. The van der Waals surface area contributed by atoms with Crippen LogP contribution in [0.2, 0.25) is 0 Å². The fraction of sp³-hybridized carbons (Fsp3) is 0.375. The molecule has 2 aromatic heterocycles. The van der Waals surface area contributed by atoms with Crippen LogP contribution in [0.1, 0.15) is 41.4 Å². The molecule has 0 N–H and O–H groups in total. The lowest BCUT2D eigenvalue weighted by atomic mass is 9.97. The van der Waals surface area contributed by atoms with Gasteiger partial charge >= 0.3 is 5.97 Å². The van der Waals surface area contributed by atoms with Crippen molar-refractivity contribution < 1.29 is 14.3 Å². The number of carbonyl (C=O) groups is 2. The van der Waals surface area contributed by atoms with Gasteiger partial charge in [0.2, 0.25) is 0 Å². The molecule has 0 spiro atoms. The zero-order chi connectivity index (χ0) is 22.0. The van der Waals surface area contributed by atoms with Crippen LogP contribution in [0.15, 0.2) is 41.8 Å². The van der Waals surface area contributed by atoms with E-state index < -0.39 is 0 Å². The van der Waals surface area contributed by atoms with Gasteiger partial charge in [0.15, 0.2) is 0 Å². The Balaban J connectivity index is 1.64. The minimum atomic E-state index is -0.157. The van der Waals surface area contributed by atoms with Crippen LogP contribution >= 0.6 is 11.3 Å². The van der Waals surface area contributed by atoms with E-state index in [9.17, 15) is 9.59 Å². The van der Waals surface area contributed by atoms with Gasteiger partial charge in [-0.05, 0) is 62.8 Å². The summed E-state index contributed by atoms with van der Waals surface area (Å²) in [7, 11) is 0. The number of aryl methyl sites for hydroxylation is 2. The number of esters is 1. The number of hydrogen-bond acceptors (Lipinski definition) is 5. The number of benzene rings is 1. The molecule has 6 nitrogen and oxygen atoms in total. The predicted octanol–water partition coefficient (Wildman–Crippen LogP) is 4.63. The van der Waals surface area contributed by atoms with Crippen LogP contribution in [0.3, 0.4) is 0 Å². The summed E-state index contributed by atoms with van der Waals surface area (Å²) in [5, 5.41) is 6.81. The molecule has 1 saturated heterocycles. The molecular weight excluding hydrogens is 410 g/mol. The normalized spacial score (nSPS) is 14.6. The van der Waals surface area contributed by atoms with Gasteiger partial charge in [-0.15, -0.1) is 11.3 Å². The second-order valence-corrected chi connectivity index (χ2v) is 8.86. The third-order valence-electron chi connectivity index (χ3n) is 5.68. The van der Waals surface area contributed by atoms with Gasteiger partial charge in [0.05, 0.1) is 23.1 Å². The quantitative estimate of drug-likeness (QED) is 0.546. The summed E-state index contributed by atoms with van der Waals surface area (Å²) in [5.74, 6) is -0.345. The molecule has 0 saturated carbocycles. The molecule has 0 bridgehead atoms. The van der Waals surface area contributed by atoms with Crippen LogP contribution in [0.25, 0.3) is 16.3 Å². The monoisotopic (exact) mass is 437 g/mol. The number of nitrogens with zero attached hydrogens (tertiary/aromatic N) is 3. The van der Waals surface area contributed by atoms with E-state index in [2.05, 4.69) is 13.0 Å². The van der Waals surface area contributed by atoms with Gasteiger partial charge in [0.1, 0.15) is 11.4 Å². The van der Waals surface area contributed by atoms with E-state index in [1.165, 1.54) is 5.56 Å². The van der Waals surface area contributed by atoms with E-state index in [1.54, 1.807) is 16.0 Å². The molecule has 1 aromatic carbocycles. The zero-order valence-electron chi connectivity index (χ0n) is 18.1. The fourth-order valence-electron chi connectivity index (χ4n) is 4.05.